The first kappa shape index (κ1) is 17.1. The Bertz CT molecular complexity index is 344. The van der Waals surface area contributed by atoms with Crippen molar-refractivity contribution in [3.05, 3.63) is 0 Å². The third-order valence-corrected chi connectivity index (χ3v) is 3.82. The lowest BCUT2D eigenvalue weighted by molar-refractivity contribution is -0.131. The van der Waals surface area contributed by atoms with Gasteiger partial charge >= 0.3 is 0 Å². The number of amides is 1. The summed E-state index contributed by atoms with van der Waals surface area (Å²) in [5.74, 6) is 0.0456. The minimum absolute atomic E-state index is 0.00994. The summed E-state index contributed by atoms with van der Waals surface area (Å²) < 4.78 is 5.62. The number of nitrogens with zero attached hydrogens (tertiary/aromatic N) is 1. The van der Waals surface area contributed by atoms with E-state index in [1.807, 2.05) is 20.8 Å². The van der Waals surface area contributed by atoms with E-state index in [2.05, 4.69) is 17.1 Å². The lowest BCUT2D eigenvalue weighted by Gasteiger charge is -2.38. The molecule has 0 aromatic rings. The van der Waals surface area contributed by atoms with E-state index in [4.69, 9.17) is 4.74 Å². The maximum absolute atomic E-state index is 12.2. The van der Waals surface area contributed by atoms with Crippen molar-refractivity contribution in [1.82, 2.24) is 10.2 Å². The summed E-state index contributed by atoms with van der Waals surface area (Å²) >= 11 is 0. The zero-order valence-electron chi connectivity index (χ0n) is 13.3. The van der Waals surface area contributed by atoms with Crippen molar-refractivity contribution in [2.24, 2.45) is 5.92 Å². The Morgan fingerprint density at radius 1 is 1.40 bits per heavy atom. The zero-order valence-corrected chi connectivity index (χ0v) is 13.3. The molecule has 5 nitrogen and oxygen atoms in total. The van der Waals surface area contributed by atoms with E-state index in [0.717, 1.165) is 13.0 Å². The molecule has 1 aliphatic heterocycles. The first-order valence-corrected chi connectivity index (χ1v) is 7.50. The van der Waals surface area contributed by atoms with Gasteiger partial charge in [0.05, 0.1) is 25.3 Å². The third kappa shape index (κ3) is 4.87. The second kappa shape index (κ2) is 7.74. The quantitative estimate of drug-likeness (QED) is 0.796. The second-order valence-electron chi connectivity index (χ2n) is 6.04. The molecule has 0 aliphatic carbocycles. The smallest absolute Gasteiger partial charge is 0.234 e. The largest absolute Gasteiger partial charge is 0.376 e. The SMILES string of the molecule is CCC1COC(C)CN1CC(=O)NC(C(C)=O)C(C)C. The molecule has 20 heavy (non-hydrogen) atoms. The van der Waals surface area contributed by atoms with Crippen LogP contribution in [0.1, 0.15) is 41.0 Å². The highest BCUT2D eigenvalue weighted by atomic mass is 16.5. The van der Waals surface area contributed by atoms with Crippen LogP contribution in [0.2, 0.25) is 0 Å². The summed E-state index contributed by atoms with van der Waals surface area (Å²) in [6.45, 7) is 11.3. The van der Waals surface area contributed by atoms with E-state index >= 15 is 0 Å². The molecule has 1 amide bonds. The minimum Gasteiger partial charge on any atom is -0.376 e. The molecule has 1 aliphatic rings. The molecule has 1 saturated heterocycles. The van der Waals surface area contributed by atoms with Gasteiger partial charge in [-0.05, 0) is 26.2 Å². The topological polar surface area (TPSA) is 58.6 Å². The van der Waals surface area contributed by atoms with Gasteiger partial charge in [-0.3, -0.25) is 14.5 Å². The van der Waals surface area contributed by atoms with Crippen molar-refractivity contribution in [3.63, 3.8) is 0 Å². The number of carbonyl (C=O) groups excluding carboxylic acids is 2. The van der Waals surface area contributed by atoms with Gasteiger partial charge in [-0.25, -0.2) is 0 Å². The molecule has 0 bridgehead atoms. The van der Waals surface area contributed by atoms with Crippen molar-refractivity contribution in [2.75, 3.05) is 19.7 Å². The highest BCUT2D eigenvalue weighted by Crippen LogP contribution is 2.14. The Balaban J connectivity index is 2.57. The van der Waals surface area contributed by atoms with Gasteiger partial charge in [0.25, 0.3) is 0 Å². The van der Waals surface area contributed by atoms with Crippen LogP contribution >= 0.6 is 0 Å². The molecule has 1 N–H and O–H groups in total. The number of ketones is 1. The fraction of sp³-hybridized carbons (Fsp3) is 0.867. The molecular weight excluding hydrogens is 256 g/mol. The van der Waals surface area contributed by atoms with Gasteiger partial charge in [0.15, 0.2) is 5.78 Å². The van der Waals surface area contributed by atoms with Crippen molar-refractivity contribution < 1.29 is 14.3 Å². The number of hydrogen-bond donors (Lipinski definition) is 1. The van der Waals surface area contributed by atoms with Crippen molar-refractivity contribution >= 4 is 11.7 Å². The zero-order chi connectivity index (χ0) is 15.3. The molecule has 0 spiro atoms. The fourth-order valence-corrected chi connectivity index (χ4v) is 2.62. The van der Waals surface area contributed by atoms with Crippen LogP contribution in [0.3, 0.4) is 0 Å². The number of Topliss-reactive ketones (excluding diaryl/α,β-unsaturated/α-hetero) is 1. The Morgan fingerprint density at radius 2 is 2.05 bits per heavy atom. The van der Waals surface area contributed by atoms with Crippen LogP contribution in [0.4, 0.5) is 0 Å². The van der Waals surface area contributed by atoms with Gasteiger partial charge in [0, 0.05) is 12.6 Å². The summed E-state index contributed by atoms with van der Waals surface area (Å²) in [5, 5.41) is 2.85. The first-order valence-electron chi connectivity index (χ1n) is 7.50. The number of morpholine rings is 1. The fourth-order valence-electron chi connectivity index (χ4n) is 2.62. The number of carbonyl (C=O) groups is 2. The maximum Gasteiger partial charge on any atom is 0.234 e. The normalized spacial score (nSPS) is 25.5. The van der Waals surface area contributed by atoms with E-state index in [1.165, 1.54) is 6.92 Å². The summed E-state index contributed by atoms with van der Waals surface area (Å²) in [7, 11) is 0. The van der Waals surface area contributed by atoms with Gasteiger partial charge in [0.2, 0.25) is 5.91 Å². The Kier molecular flexibility index (Phi) is 6.62. The van der Waals surface area contributed by atoms with Gasteiger partial charge in [-0.2, -0.15) is 0 Å². The van der Waals surface area contributed by atoms with E-state index in [1.54, 1.807) is 0 Å². The lowest BCUT2D eigenvalue weighted by atomic mass is 10.0. The van der Waals surface area contributed by atoms with Crippen molar-refractivity contribution in [2.45, 2.75) is 59.2 Å². The van der Waals surface area contributed by atoms with Crippen LogP contribution in [0.25, 0.3) is 0 Å². The van der Waals surface area contributed by atoms with Crippen LogP contribution in [0.15, 0.2) is 0 Å². The molecular formula is C15H28N2O3. The predicted molar refractivity (Wildman–Crippen MR) is 78.5 cm³/mol. The summed E-state index contributed by atoms with van der Waals surface area (Å²) in [5.41, 5.74) is 0. The van der Waals surface area contributed by atoms with Gasteiger partial charge in [0.1, 0.15) is 0 Å². The van der Waals surface area contributed by atoms with Crippen LogP contribution in [-0.2, 0) is 14.3 Å². The number of ether oxygens (including phenoxy) is 1. The first-order chi connectivity index (χ1) is 9.35. The highest BCUT2D eigenvalue weighted by Gasteiger charge is 2.28. The lowest BCUT2D eigenvalue weighted by Crippen LogP contribution is -2.54. The number of hydrogen-bond acceptors (Lipinski definition) is 4. The molecule has 116 valence electrons. The molecule has 3 unspecified atom stereocenters. The van der Waals surface area contributed by atoms with Gasteiger partial charge in [-0.1, -0.05) is 20.8 Å². The van der Waals surface area contributed by atoms with E-state index in [9.17, 15) is 9.59 Å². The van der Waals surface area contributed by atoms with Crippen LogP contribution in [0.5, 0.6) is 0 Å². The summed E-state index contributed by atoms with van der Waals surface area (Å²) in [4.78, 5) is 25.8. The highest BCUT2D eigenvalue weighted by molar-refractivity contribution is 5.88. The summed E-state index contributed by atoms with van der Waals surface area (Å²) in [6.07, 6.45) is 1.11. The molecule has 1 fully saturated rings. The molecule has 0 radical (unpaired) electrons. The molecule has 5 heteroatoms. The Labute approximate surface area is 122 Å². The Hall–Kier alpha value is -0.940. The molecule has 0 aromatic heterocycles. The van der Waals surface area contributed by atoms with Gasteiger partial charge < -0.3 is 10.1 Å². The molecule has 0 aromatic carbocycles. The molecule has 1 heterocycles. The number of nitrogens with one attached hydrogen (secondary N) is 1. The third-order valence-electron chi connectivity index (χ3n) is 3.82. The molecule has 1 rings (SSSR count). The van der Waals surface area contributed by atoms with E-state index < -0.39 is 0 Å². The van der Waals surface area contributed by atoms with Crippen LogP contribution in [-0.4, -0.2) is 54.5 Å². The maximum atomic E-state index is 12.2. The van der Waals surface area contributed by atoms with E-state index in [-0.39, 0.29) is 35.8 Å². The predicted octanol–water partition coefficient (Wildman–Crippen LogP) is 1.22. The van der Waals surface area contributed by atoms with Crippen LogP contribution < -0.4 is 5.32 Å². The average molecular weight is 284 g/mol. The van der Waals surface area contributed by atoms with Crippen molar-refractivity contribution in [3.8, 4) is 0 Å². The van der Waals surface area contributed by atoms with E-state index in [0.29, 0.717) is 13.2 Å². The van der Waals surface area contributed by atoms with Crippen LogP contribution in [0, 0.1) is 5.92 Å². The van der Waals surface area contributed by atoms with Gasteiger partial charge in [-0.15, -0.1) is 0 Å². The minimum atomic E-state index is -0.388. The average Bonchev–Trinajstić information content (AvgIpc) is 2.35. The summed E-state index contributed by atoms with van der Waals surface area (Å²) in [6, 6.07) is -0.104. The number of rotatable bonds is 6. The molecule has 0 saturated carbocycles. The molecule has 3 atom stereocenters. The standard InChI is InChI=1S/C15H28N2O3/c1-6-13-9-20-11(4)7-17(13)8-14(19)16-15(10(2)3)12(5)18/h10-11,13,15H,6-9H2,1-5H3,(H,16,19). The van der Waals surface area contributed by atoms with Crippen molar-refractivity contribution in [1.29, 1.82) is 0 Å². The monoisotopic (exact) mass is 284 g/mol. The Morgan fingerprint density at radius 3 is 2.55 bits per heavy atom. The second-order valence-corrected chi connectivity index (χ2v) is 6.04.